The molecule has 152 valence electrons. The van der Waals surface area contributed by atoms with Crippen molar-refractivity contribution in [1.29, 1.82) is 0 Å². The number of fused-ring (bicyclic) bond motifs is 1. The molecule has 2 aromatic rings. The summed E-state index contributed by atoms with van der Waals surface area (Å²) >= 11 is 0. The molecule has 1 aliphatic rings. The van der Waals surface area contributed by atoms with E-state index in [-0.39, 0.29) is 43.0 Å². The number of aliphatic hydroxyl groups excluding tert-OH is 2. The molecule has 4 atom stereocenters. The van der Waals surface area contributed by atoms with Crippen molar-refractivity contribution in [2.24, 2.45) is 5.73 Å². The van der Waals surface area contributed by atoms with Gasteiger partial charge in [-0.2, -0.15) is 4.98 Å². The Morgan fingerprint density at radius 2 is 2.25 bits per heavy atom. The molecule has 0 aliphatic carbocycles. The van der Waals surface area contributed by atoms with Crippen molar-refractivity contribution in [2.75, 3.05) is 11.9 Å². The second kappa shape index (κ2) is 8.02. The third-order valence-electron chi connectivity index (χ3n) is 4.37. The molecule has 1 aliphatic heterocycles. The van der Waals surface area contributed by atoms with Crippen molar-refractivity contribution in [3.8, 4) is 0 Å². The van der Waals surface area contributed by atoms with E-state index >= 15 is 0 Å². The molecule has 13 nitrogen and oxygen atoms in total. The number of ether oxygens (including phenoxy) is 1. The molecule has 2 aromatic heterocycles. The highest BCUT2D eigenvalue weighted by Gasteiger charge is 2.35. The number of nitrogens with zero attached hydrogens (tertiary/aromatic N) is 3. The Bertz CT molecular complexity index is 941. The molecule has 1 amide bonds. The topological polar surface area (TPSA) is 206 Å². The van der Waals surface area contributed by atoms with Gasteiger partial charge in [0.25, 0.3) is 5.56 Å². The van der Waals surface area contributed by atoms with Crippen LogP contribution in [-0.4, -0.2) is 71.6 Å². The normalized spacial score (nSPS) is 23.0. The zero-order chi connectivity index (χ0) is 20.4. The monoisotopic (exact) mass is 396 g/mol. The largest absolute Gasteiger partial charge is 0.481 e. The summed E-state index contributed by atoms with van der Waals surface area (Å²) in [6.45, 7) is -0.367. The van der Waals surface area contributed by atoms with Gasteiger partial charge in [0.1, 0.15) is 12.3 Å². The summed E-state index contributed by atoms with van der Waals surface area (Å²) < 4.78 is 6.96. The molecule has 0 saturated carbocycles. The van der Waals surface area contributed by atoms with Crippen molar-refractivity contribution >= 4 is 29.0 Å². The van der Waals surface area contributed by atoms with Gasteiger partial charge in [-0.25, -0.2) is 4.98 Å². The van der Waals surface area contributed by atoms with Crippen LogP contribution in [0.15, 0.2) is 11.1 Å². The van der Waals surface area contributed by atoms with E-state index in [1.54, 1.807) is 0 Å². The van der Waals surface area contributed by atoms with Crippen LogP contribution in [0.3, 0.4) is 0 Å². The van der Waals surface area contributed by atoms with Gasteiger partial charge in [-0.1, -0.05) is 0 Å². The van der Waals surface area contributed by atoms with Crippen LogP contribution >= 0.6 is 0 Å². The molecule has 1 saturated heterocycles. The Balaban J connectivity index is 1.83. The molecule has 0 unspecified atom stereocenters. The smallest absolute Gasteiger partial charge is 0.303 e. The Morgan fingerprint density at radius 3 is 2.89 bits per heavy atom. The SMILES string of the molecule is N[C@@H](CCC(=O)O)C(=O)Nc1nc2c(ncn2[C@H]2C[C@H](O)[C@@H](CO)O2)c(=O)[nH]1. The number of nitrogens with two attached hydrogens (primary N) is 1. The van der Waals surface area contributed by atoms with Gasteiger partial charge >= 0.3 is 5.97 Å². The number of aromatic amines is 1. The first-order chi connectivity index (χ1) is 13.3. The molecule has 0 spiro atoms. The molecule has 0 aromatic carbocycles. The Kier molecular flexibility index (Phi) is 5.69. The summed E-state index contributed by atoms with van der Waals surface area (Å²) in [6.07, 6.45) is -1.25. The summed E-state index contributed by atoms with van der Waals surface area (Å²) in [5, 5.41) is 30.1. The summed E-state index contributed by atoms with van der Waals surface area (Å²) in [4.78, 5) is 45.4. The number of rotatable bonds is 7. The van der Waals surface area contributed by atoms with E-state index in [0.717, 1.165) is 0 Å². The van der Waals surface area contributed by atoms with E-state index in [0.29, 0.717) is 0 Å². The number of imidazole rings is 1. The summed E-state index contributed by atoms with van der Waals surface area (Å²) in [5.41, 5.74) is 5.12. The standard InChI is InChI=1S/C15H20N6O7/c16-6(1-2-10(24)25)13(26)19-15-18-12-11(14(27)20-15)17-5-21(12)9-3-7(23)8(4-22)28-9/h5-9,22-23H,1-4,16H2,(H,24,25)(H2,18,19,20,26,27)/t6-,7-,8+,9+/m0/s1. The highest BCUT2D eigenvalue weighted by atomic mass is 16.5. The van der Waals surface area contributed by atoms with Crippen molar-refractivity contribution < 1.29 is 29.6 Å². The lowest BCUT2D eigenvalue weighted by atomic mass is 10.1. The maximum absolute atomic E-state index is 12.2. The zero-order valence-corrected chi connectivity index (χ0v) is 14.6. The number of aromatic nitrogens is 4. The number of H-pyrrole nitrogens is 1. The number of anilines is 1. The number of nitrogens with one attached hydrogen (secondary N) is 2. The number of hydrogen-bond acceptors (Lipinski definition) is 9. The lowest BCUT2D eigenvalue weighted by molar-refractivity contribution is -0.137. The number of carbonyl (C=O) groups is 2. The van der Waals surface area contributed by atoms with Gasteiger partial charge in [0, 0.05) is 12.8 Å². The van der Waals surface area contributed by atoms with Gasteiger partial charge in [0.2, 0.25) is 11.9 Å². The van der Waals surface area contributed by atoms with Crippen LogP contribution < -0.4 is 16.6 Å². The first-order valence-electron chi connectivity index (χ1n) is 8.49. The van der Waals surface area contributed by atoms with Crippen molar-refractivity contribution in [3.05, 3.63) is 16.7 Å². The number of carbonyl (C=O) groups excluding carboxylic acids is 1. The fourth-order valence-corrected chi connectivity index (χ4v) is 2.87. The predicted molar refractivity (Wildman–Crippen MR) is 93.2 cm³/mol. The van der Waals surface area contributed by atoms with Crippen LogP contribution in [0.4, 0.5) is 5.95 Å². The quantitative estimate of drug-likeness (QED) is 0.300. The van der Waals surface area contributed by atoms with Gasteiger partial charge < -0.3 is 25.8 Å². The van der Waals surface area contributed by atoms with Crippen molar-refractivity contribution in [2.45, 2.75) is 43.7 Å². The van der Waals surface area contributed by atoms with E-state index in [9.17, 15) is 24.6 Å². The first kappa shape index (κ1) is 19.9. The summed E-state index contributed by atoms with van der Waals surface area (Å²) in [5.74, 6) is -1.98. The number of amides is 1. The van der Waals surface area contributed by atoms with Crippen LogP contribution in [-0.2, 0) is 14.3 Å². The number of carboxylic acids is 1. The van der Waals surface area contributed by atoms with Crippen LogP contribution in [0, 0.1) is 0 Å². The van der Waals surface area contributed by atoms with Crippen molar-refractivity contribution in [1.82, 2.24) is 19.5 Å². The van der Waals surface area contributed by atoms with Crippen LogP contribution in [0.1, 0.15) is 25.5 Å². The lowest BCUT2D eigenvalue weighted by Gasteiger charge is -2.14. The molecule has 13 heteroatoms. The number of aliphatic hydroxyl groups is 2. The highest BCUT2D eigenvalue weighted by Crippen LogP contribution is 2.30. The Hall–Kier alpha value is -2.87. The number of carboxylic acid groups (broad SMARTS) is 1. The molecule has 3 rings (SSSR count). The van der Waals surface area contributed by atoms with E-state index in [4.69, 9.17) is 15.6 Å². The van der Waals surface area contributed by atoms with E-state index in [1.807, 2.05) is 0 Å². The van der Waals surface area contributed by atoms with Crippen molar-refractivity contribution in [3.63, 3.8) is 0 Å². The van der Waals surface area contributed by atoms with E-state index < -0.39 is 41.9 Å². The fourth-order valence-electron chi connectivity index (χ4n) is 2.87. The molecule has 0 radical (unpaired) electrons. The highest BCUT2D eigenvalue weighted by molar-refractivity contribution is 5.93. The molecular formula is C15H20N6O7. The minimum Gasteiger partial charge on any atom is -0.481 e. The third-order valence-corrected chi connectivity index (χ3v) is 4.37. The molecule has 3 heterocycles. The van der Waals surface area contributed by atoms with Gasteiger partial charge in [-0.15, -0.1) is 0 Å². The number of hydrogen-bond donors (Lipinski definition) is 6. The molecule has 1 fully saturated rings. The Morgan fingerprint density at radius 1 is 1.50 bits per heavy atom. The van der Waals surface area contributed by atoms with E-state index in [1.165, 1.54) is 10.9 Å². The second-order valence-electron chi connectivity index (χ2n) is 6.38. The summed E-state index contributed by atoms with van der Waals surface area (Å²) in [7, 11) is 0. The molecule has 7 N–H and O–H groups in total. The maximum atomic E-state index is 12.2. The van der Waals surface area contributed by atoms with Gasteiger partial charge in [-0.05, 0) is 6.42 Å². The average Bonchev–Trinajstić information content (AvgIpc) is 3.22. The fraction of sp³-hybridized carbons (Fsp3) is 0.533. The molecule has 28 heavy (non-hydrogen) atoms. The van der Waals surface area contributed by atoms with Crippen LogP contribution in [0.25, 0.3) is 11.2 Å². The minimum atomic E-state index is -1.10. The first-order valence-corrected chi connectivity index (χ1v) is 8.49. The molecular weight excluding hydrogens is 376 g/mol. The zero-order valence-electron chi connectivity index (χ0n) is 14.6. The van der Waals surface area contributed by atoms with Gasteiger partial charge in [0.05, 0.1) is 25.1 Å². The molecule has 0 bridgehead atoms. The average molecular weight is 396 g/mol. The predicted octanol–water partition coefficient (Wildman–Crippen LogP) is -2.11. The van der Waals surface area contributed by atoms with Crippen LogP contribution in [0.5, 0.6) is 0 Å². The maximum Gasteiger partial charge on any atom is 0.303 e. The summed E-state index contributed by atoms with van der Waals surface area (Å²) in [6, 6.07) is -1.10. The van der Waals surface area contributed by atoms with Gasteiger partial charge in [-0.3, -0.25) is 29.3 Å². The second-order valence-corrected chi connectivity index (χ2v) is 6.38. The van der Waals surface area contributed by atoms with Crippen LogP contribution in [0.2, 0.25) is 0 Å². The minimum absolute atomic E-state index is 0.00119. The third kappa shape index (κ3) is 4.01. The Labute approximate surface area is 157 Å². The lowest BCUT2D eigenvalue weighted by Crippen LogP contribution is -2.37. The van der Waals surface area contributed by atoms with E-state index in [2.05, 4.69) is 20.3 Å². The number of aliphatic carboxylic acids is 1. The van der Waals surface area contributed by atoms with Gasteiger partial charge in [0.15, 0.2) is 11.2 Å².